The number of nitrogens with one attached hydrogen (secondary N) is 2. The lowest BCUT2D eigenvalue weighted by molar-refractivity contribution is -0.432. The van der Waals surface area contributed by atoms with Crippen molar-refractivity contribution < 1.29 is 97.6 Å². The quantitative estimate of drug-likeness (QED) is 0.00798. The number of carbonyl (C=O) groups is 1. The molecule has 12 aromatic rings. The van der Waals surface area contributed by atoms with Crippen LogP contribution in [0.4, 0.5) is 91.0 Å². The lowest BCUT2D eigenvalue weighted by atomic mass is 10.1. The SMILES string of the molecule is COc1cc(N=Nc2cc(SOOO)ccc2OC)c(OC)cc1N=Nc1cc(OC)c(N=Nc2c(SOOO)cc3cc(Nc4ccccc4)ccc3c2O)cc1C.Cc1cc(N=Nc2c(C)cc(N=Nc3c(SOOO)cc4cc(Nc5ccccc5)ccc4c3O)cc2C)c(C)cc1N=Nc1ccc(SOOO)cc1C(=O)O. The van der Waals surface area contributed by atoms with Crippen molar-refractivity contribution in [2.45, 2.75) is 54.2 Å². The van der Waals surface area contributed by atoms with Gasteiger partial charge in [-0.1, -0.05) is 56.6 Å². The molecule has 0 aromatic heterocycles. The van der Waals surface area contributed by atoms with Crippen LogP contribution in [0.15, 0.2) is 275 Å². The highest BCUT2D eigenvalue weighted by molar-refractivity contribution is 7.95. The summed E-state index contributed by atoms with van der Waals surface area (Å²) in [4.78, 5) is 13.4. The van der Waals surface area contributed by atoms with Crippen molar-refractivity contribution in [1.82, 2.24) is 0 Å². The van der Waals surface area contributed by atoms with Gasteiger partial charge in [0.15, 0.2) is 11.5 Å². The van der Waals surface area contributed by atoms with Gasteiger partial charge < -0.3 is 44.9 Å². The average molecular weight is 1650 g/mol. The van der Waals surface area contributed by atoms with Crippen LogP contribution in [0.3, 0.4) is 0 Å². The number of ether oxygens (including phenoxy) is 4. The maximum absolute atomic E-state index is 11.8. The number of carboxylic acids is 1. The van der Waals surface area contributed by atoms with Gasteiger partial charge in [-0.15, -0.1) is 58.2 Å². The molecule has 0 atom stereocenters. The number of anilines is 4. The largest absolute Gasteiger partial charge is 0.505 e. The first kappa shape index (κ1) is 84.5. The van der Waals surface area contributed by atoms with Crippen molar-refractivity contribution in [1.29, 1.82) is 0 Å². The molecule has 594 valence electrons. The number of aromatic carboxylic acids is 1. The summed E-state index contributed by atoms with van der Waals surface area (Å²) in [5, 5.41) is 143. The molecule has 38 heteroatoms. The molecule has 9 N–H and O–H groups in total. The van der Waals surface area contributed by atoms with Crippen LogP contribution >= 0.6 is 48.2 Å². The minimum atomic E-state index is -1.22. The summed E-state index contributed by atoms with van der Waals surface area (Å²) in [5.41, 5.74) is 11.3. The second-order valence-electron chi connectivity index (χ2n) is 24.3. The van der Waals surface area contributed by atoms with Crippen molar-refractivity contribution in [3.8, 4) is 34.5 Å². The van der Waals surface area contributed by atoms with Crippen molar-refractivity contribution in [3.63, 3.8) is 0 Å². The predicted molar refractivity (Wildman–Crippen MR) is 434 cm³/mol. The molecule has 0 spiro atoms. The Kier molecular flexibility index (Phi) is 29.9. The molecule has 0 bridgehead atoms. The molecule has 0 aliphatic rings. The Labute approximate surface area is 677 Å². The number of aromatic hydroxyl groups is 2. The van der Waals surface area contributed by atoms with Gasteiger partial charge in [0.1, 0.15) is 62.8 Å². The fraction of sp³-hybridized carbons (Fsp3) is 0.115. The van der Waals surface area contributed by atoms with E-state index in [0.717, 1.165) is 57.0 Å². The molecular formula is C78H68N14O20S4. The number of rotatable bonds is 33. The number of para-hydroxylation sites is 2. The Morgan fingerprint density at radius 2 is 0.698 bits per heavy atom. The molecule has 12 rings (SSSR count). The van der Waals surface area contributed by atoms with Gasteiger partial charge in [-0.05, 0) is 213 Å². The zero-order valence-electron chi connectivity index (χ0n) is 62.4. The van der Waals surface area contributed by atoms with Gasteiger partial charge in [-0.3, -0.25) is 0 Å². The van der Waals surface area contributed by atoms with Crippen LogP contribution < -0.4 is 29.6 Å². The topological polar surface area (TPSA) is 442 Å². The summed E-state index contributed by atoms with van der Waals surface area (Å²) < 4.78 is 40.5. The van der Waals surface area contributed by atoms with E-state index in [1.54, 1.807) is 97.9 Å². The fourth-order valence-electron chi connectivity index (χ4n) is 11.2. The number of aryl methyl sites for hydroxylation is 5. The van der Waals surface area contributed by atoms with E-state index in [1.807, 2.05) is 119 Å². The smallest absolute Gasteiger partial charge is 0.338 e. The molecule has 0 saturated heterocycles. The maximum Gasteiger partial charge on any atom is 0.338 e. The summed E-state index contributed by atoms with van der Waals surface area (Å²) in [5.74, 6) is -0.136. The second kappa shape index (κ2) is 41.0. The molecular weight excluding hydrogens is 1580 g/mol. The first-order valence-electron chi connectivity index (χ1n) is 33.9. The highest BCUT2D eigenvalue weighted by Crippen LogP contribution is 2.49. The van der Waals surface area contributed by atoms with Gasteiger partial charge in [0.2, 0.25) is 0 Å². The van der Waals surface area contributed by atoms with Crippen LogP contribution in [0.25, 0.3) is 21.5 Å². The van der Waals surface area contributed by atoms with E-state index in [9.17, 15) is 20.1 Å². The molecule has 116 heavy (non-hydrogen) atoms. The Morgan fingerprint density at radius 1 is 0.328 bits per heavy atom. The van der Waals surface area contributed by atoms with Gasteiger partial charge in [-0.25, -0.2) is 25.8 Å². The Morgan fingerprint density at radius 3 is 1.16 bits per heavy atom. The molecule has 0 unspecified atom stereocenters. The van der Waals surface area contributed by atoms with Gasteiger partial charge in [0.05, 0.1) is 120 Å². The Balaban J connectivity index is 0.000000228. The molecule has 12 aromatic carbocycles. The van der Waals surface area contributed by atoms with E-state index in [1.165, 1.54) is 40.6 Å². The molecule has 0 aliphatic carbocycles. The lowest BCUT2D eigenvalue weighted by Crippen LogP contribution is -1.97. The first-order chi connectivity index (χ1) is 56.3. The number of methoxy groups -OCH3 is 4. The van der Waals surface area contributed by atoms with Crippen LogP contribution in [-0.4, -0.2) is 70.8 Å². The third-order valence-corrected chi connectivity index (χ3v) is 19.1. The van der Waals surface area contributed by atoms with Crippen LogP contribution in [0.2, 0.25) is 0 Å². The number of phenols is 2. The van der Waals surface area contributed by atoms with Gasteiger partial charge in [0, 0.05) is 61.5 Å². The molecule has 0 radical (unpaired) electrons. The van der Waals surface area contributed by atoms with Crippen molar-refractivity contribution in [2.75, 3.05) is 39.1 Å². The molecule has 0 fully saturated rings. The summed E-state index contributed by atoms with van der Waals surface area (Å²) in [6.45, 7) is 9.22. The summed E-state index contributed by atoms with van der Waals surface area (Å²) in [6.07, 6.45) is 0. The number of fused-ring (bicyclic) bond motifs is 2. The number of carboxylic acid groups (broad SMARTS) is 1. The number of phenolic OH excluding ortho intramolecular Hbond substituents is 2. The maximum atomic E-state index is 11.8. The average Bonchev–Trinajstić information content (AvgIpc) is 0.782. The number of hydrogen-bond donors (Lipinski definition) is 9. The number of nitrogens with zero attached hydrogens (tertiary/aromatic N) is 12. The van der Waals surface area contributed by atoms with Gasteiger partial charge >= 0.3 is 5.97 Å². The zero-order chi connectivity index (χ0) is 82.2. The third kappa shape index (κ3) is 21.7. The lowest BCUT2D eigenvalue weighted by Gasteiger charge is -2.12. The van der Waals surface area contributed by atoms with Gasteiger partial charge in [-0.2, -0.15) is 20.5 Å². The van der Waals surface area contributed by atoms with E-state index in [0.29, 0.717) is 157 Å². The highest BCUT2D eigenvalue weighted by Gasteiger charge is 2.21. The standard InChI is InChI=1S/C39H35N7O11S2.C39H33N7O9S2/c1-22-15-29(45-46-38-37(59-57-55-49)17-23-16-25(11-13-27(23)39(38)47)40-24-9-7-6-8-10-24)34(51-3)19-28(22)41-43-31-20-36(53-5)32(21-35(31)52-4)44-42-30-18-26(58-56-54-48)12-14-33(30)50-2;1-21-17-34(22(2)16-33(21)43-42-32-13-11-29(56-54-52-50)20-31(32)39(48)49)44-45-36-23(3)14-28(15-24(36)4)41-46-37-35(57-55-53-51)19-25-18-27(10-12-30(25)38(37)47)40-26-8-6-5-7-9-26/h6-21,40,47-49H,1-5H3;5-20,40,47,50-51H,1-4H3,(H,48,49). The second-order valence-corrected chi connectivity index (χ2v) is 27.3. The van der Waals surface area contributed by atoms with Crippen LogP contribution in [0.1, 0.15) is 38.2 Å². The normalized spacial score (nSPS) is 11.7. The summed E-state index contributed by atoms with van der Waals surface area (Å²) in [7, 11) is 5.91. The third-order valence-electron chi connectivity index (χ3n) is 16.8. The van der Waals surface area contributed by atoms with E-state index in [-0.39, 0.29) is 34.1 Å². The molecule has 0 amide bonds. The minimum absolute atomic E-state index is 0.0604. The summed E-state index contributed by atoms with van der Waals surface area (Å²) in [6, 6.07) is 56.6. The van der Waals surface area contributed by atoms with E-state index in [4.69, 9.17) is 48.6 Å². The van der Waals surface area contributed by atoms with Crippen molar-refractivity contribution in [2.24, 2.45) is 61.4 Å². The molecule has 0 aliphatic heterocycles. The number of azo groups is 6. The van der Waals surface area contributed by atoms with E-state index < -0.39 is 5.97 Å². The number of benzene rings is 12. The van der Waals surface area contributed by atoms with Crippen LogP contribution in [0.5, 0.6) is 34.5 Å². The number of hydrogen-bond acceptors (Lipinski definition) is 37. The monoisotopic (exact) mass is 1650 g/mol. The fourth-order valence-corrected chi connectivity index (χ4v) is 13.0. The Hall–Kier alpha value is -12.5. The predicted octanol–water partition coefficient (Wildman–Crippen LogP) is 26.1. The van der Waals surface area contributed by atoms with Crippen molar-refractivity contribution in [3.05, 3.63) is 228 Å². The van der Waals surface area contributed by atoms with E-state index in [2.05, 4.69) is 101 Å². The molecule has 0 heterocycles. The van der Waals surface area contributed by atoms with Crippen LogP contribution in [0, 0.1) is 34.6 Å². The Bertz CT molecular complexity index is 5720. The summed E-state index contributed by atoms with van der Waals surface area (Å²) >= 11 is 2.69. The zero-order valence-corrected chi connectivity index (χ0v) is 65.7. The highest BCUT2D eigenvalue weighted by atomic mass is 32.2. The first-order valence-corrected chi connectivity index (χ1v) is 36.9. The molecule has 0 saturated carbocycles. The van der Waals surface area contributed by atoms with E-state index >= 15 is 0 Å². The van der Waals surface area contributed by atoms with Crippen molar-refractivity contribution >= 4 is 167 Å². The minimum Gasteiger partial charge on any atom is -0.505 e. The van der Waals surface area contributed by atoms with Crippen LogP contribution in [-0.2, 0) is 37.5 Å². The van der Waals surface area contributed by atoms with Gasteiger partial charge in [0.25, 0.3) is 0 Å². The molecule has 34 nitrogen and oxygen atoms in total.